The Morgan fingerprint density at radius 3 is 2.66 bits per heavy atom. The summed E-state index contributed by atoms with van der Waals surface area (Å²) in [5.74, 6) is 1.35. The van der Waals surface area contributed by atoms with Crippen molar-refractivity contribution in [1.29, 1.82) is 0 Å². The summed E-state index contributed by atoms with van der Waals surface area (Å²) in [6.45, 7) is 6.82. The van der Waals surface area contributed by atoms with Gasteiger partial charge in [-0.25, -0.2) is 4.98 Å². The predicted molar refractivity (Wildman–Crippen MR) is 118 cm³/mol. The number of aromatic nitrogens is 1. The highest BCUT2D eigenvalue weighted by atomic mass is 32.1. The SMILES string of the molecule is CCCCOc1ccc(-c2csc(NC(=O)COc3cccc(C)c3C)n2)cc1. The van der Waals surface area contributed by atoms with Crippen molar-refractivity contribution < 1.29 is 14.3 Å². The molecular formula is C23H26N2O3S. The second kappa shape index (κ2) is 10.1. The maximum atomic E-state index is 12.2. The quantitative estimate of drug-likeness (QED) is 0.465. The lowest BCUT2D eigenvalue weighted by Crippen LogP contribution is -2.20. The van der Waals surface area contributed by atoms with E-state index in [0.29, 0.717) is 5.13 Å². The number of hydrogen-bond donors (Lipinski definition) is 1. The van der Waals surface area contributed by atoms with Crippen LogP contribution >= 0.6 is 11.3 Å². The van der Waals surface area contributed by atoms with Gasteiger partial charge in [-0.1, -0.05) is 25.5 Å². The van der Waals surface area contributed by atoms with Gasteiger partial charge in [0, 0.05) is 10.9 Å². The summed E-state index contributed by atoms with van der Waals surface area (Å²) < 4.78 is 11.3. The van der Waals surface area contributed by atoms with Gasteiger partial charge in [-0.3, -0.25) is 10.1 Å². The Morgan fingerprint density at radius 1 is 1.10 bits per heavy atom. The van der Waals surface area contributed by atoms with Crippen LogP contribution in [0, 0.1) is 13.8 Å². The van der Waals surface area contributed by atoms with Crippen LogP contribution in [0.5, 0.6) is 11.5 Å². The van der Waals surface area contributed by atoms with Crippen LogP contribution < -0.4 is 14.8 Å². The summed E-state index contributed by atoms with van der Waals surface area (Å²) in [6.07, 6.45) is 2.16. The van der Waals surface area contributed by atoms with E-state index in [-0.39, 0.29) is 12.5 Å². The van der Waals surface area contributed by atoms with Crippen molar-refractivity contribution in [3.05, 3.63) is 59.0 Å². The van der Waals surface area contributed by atoms with Crippen LogP contribution in [-0.4, -0.2) is 24.1 Å². The average Bonchev–Trinajstić information content (AvgIpc) is 3.18. The monoisotopic (exact) mass is 410 g/mol. The van der Waals surface area contributed by atoms with Crippen LogP contribution in [0.1, 0.15) is 30.9 Å². The molecule has 3 rings (SSSR count). The third kappa shape index (κ3) is 5.81. The van der Waals surface area contributed by atoms with Crippen LogP contribution in [0.4, 0.5) is 5.13 Å². The number of thiazole rings is 1. The molecule has 0 atom stereocenters. The number of anilines is 1. The summed E-state index contributed by atoms with van der Waals surface area (Å²) >= 11 is 1.39. The summed E-state index contributed by atoms with van der Waals surface area (Å²) in [5.41, 5.74) is 3.98. The molecule has 1 amide bonds. The third-order valence-corrected chi connectivity index (χ3v) is 5.34. The van der Waals surface area contributed by atoms with Crippen molar-refractivity contribution in [3.8, 4) is 22.8 Å². The second-order valence-corrected chi connectivity index (χ2v) is 7.66. The Bertz CT molecular complexity index is 951. The number of aryl methyl sites for hydroxylation is 1. The largest absolute Gasteiger partial charge is 0.494 e. The van der Waals surface area contributed by atoms with Gasteiger partial charge >= 0.3 is 0 Å². The summed E-state index contributed by atoms with van der Waals surface area (Å²) in [5, 5.41) is 5.28. The van der Waals surface area contributed by atoms with Crippen molar-refractivity contribution >= 4 is 22.4 Å². The fourth-order valence-corrected chi connectivity index (χ4v) is 3.44. The zero-order chi connectivity index (χ0) is 20.6. The molecular weight excluding hydrogens is 384 g/mol. The van der Waals surface area contributed by atoms with E-state index in [9.17, 15) is 4.79 Å². The number of nitrogens with zero attached hydrogens (tertiary/aromatic N) is 1. The fourth-order valence-electron chi connectivity index (χ4n) is 2.70. The zero-order valence-corrected chi connectivity index (χ0v) is 17.8. The molecule has 6 heteroatoms. The number of unbranched alkanes of at least 4 members (excludes halogenated alkanes) is 1. The van der Waals surface area contributed by atoms with E-state index in [1.807, 2.05) is 61.7 Å². The lowest BCUT2D eigenvalue weighted by atomic mass is 10.1. The van der Waals surface area contributed by atoms with E-state index in [1.54, 1.807) is 0 Å². The molecule has 29 heavy (non-hydrogen) atoms. The number of amides is 1. The number of rotatable bonds is 9. The topological polar surface area (TPSA) is 60.5 Å². The molecule has 0 aliphatic heterocycles. The Kier molecular flexibility index (Phi) is 7.25. The summed E-state index contributed by atoms with van der Waals surface area (Å²) in [7, 11) is 0. The van der Waals surface area contributed by atoms with Crippen molar-refractivity contribution in [3.63, 3.8) is 0 Å². The van der Waals surface area contributed by atoms with Crippen LogP contribution in [0.25, 0.3) is 11.3 Å². The minimum atomic E-state index is -0.230. The first-order valence-corrected chi connectivity index (χ1v) is 10.6. The van der Waals surface area contributed by atoms with Gasteiger partial charge in [0.15, 0.2) is 11.7 Å². The van der Waals surface area contributed by atoms with Crippen LogP contribution in [-0.2, 0) is 4.79 Å². The van der Waals surface area contributed by atoms with Gasteiger partial charge in [0.2, 0.25) is 0 Å². The first-order chi connectivity index (χ1) is 14.1. The Hall–Kier alpha value is -2.86. The van der Waals surface area contributed by atoms with Gasteiger partial charge in [-0.15, -0.1) is 11.3 Å². The zero-order valence-electron chi connectivity index (χ0n) is 17.0. The fraction of sp³-hybridized carbons (Fsp3) is 0.304. The molecule has 1 N–H and O–H groups in total. The van der Waals surface area contributed by atoms with Gasteiger partial charge < -0.3 is 9.47 Å². The van der Waals surface area contributed by atoms with Crippen molar-refractivity contribution in [1.82, 2.24) is 4.98 Å². The third-order valence-electron chi connectivity index (χ3n) is 4.58. The smallest absolute Gasteiger partial charge is 0.264 e. The number of ether oxygens (including phenoxy) is 2. The molecule has 2 aromatic carbocycles. The molecule has 0 aliphatic carbocycles. The van der Waals surface area contributed by atoms with Crippen LogP contribution in [0.3, 0.4) is 0 Å². The van der Waals surface area contributed by atoms with Gasteiger partial charge in [0.05, 0.1) is 12.3 Å². The molecule has 0 unspecified atom stereocenters. The molecule has 3 aromatic rings. The average molecular weight is 411 g/mol. The highest BCUT2D eigenvalue weighted by molar-refractivity contribution is 7.14. The van der Waals surface area contributed by atoms with Crippen LogP contribution in [0.15, 0.2) is 47.8 Å². The molecule has 0 aliphatic rings. The lowest BCUT2D eigenvalue weighted by molar-refractivity contribution is -0.118. The maximum absolute atomic E-state index is 12.2. The van der Waals surface area contributed by atoms with Gasteiger partial charge in [-0.2, -0.15) is 0 Å². The highest BCUT2D eigenvalue weighted by Crippen LogP contribution is 2.27. The molecule has 5 nitrogen and oxygen atoms in total. The molecule has 0 fully saturated rings. The van der Waals surface area contributed by atoms with Crippen molar-refractivity contribution in [2.24, 2.45) is 0 Å². The number of carbonyl (C=O) groups is 1. The van der Waals surface area contributed by atoms with E-state index in [2.05, 4.69) is 17.2 Å². The van der Waals surface area contributed by atoms with Crippen LogP contribution in [0.2, 0.25) is 0 Å². The first-order valence-electron chi connectivity index (χ1n) is 9.74. The Balaban J connectivity index is 1.54. The molecule has 0 saturated heterocycles. The lowest BCUT2D eigenvalue weighted by Gasteiger charge is -2.10. The Morgan fingerprint density at radius 2 is 1.90 bits per heavy atom. The molecule has 1 heterocycles. The molecule has 152 valence electrons. The normalized spacial score (nSPS) is 10.6. The number of benzene rings is 2. The van der Waals surface area contributed by atoms with E-state index in [1.165, 1.54) is 11.3 Å². The van der Waals surface area contributed by atoms with Crippen molar-refractivity contribution in [2.75, 3.05) is 18.5 Å². The van der Waals surface area contributed by atoms with Gasteiger partial charge in [0.1, 0.15) is 11.5 Å². The van der Waals surface area contributed by atoms with E-state index >= 15 is 0 Å². The molecule has 0 saturated carbocycles. The van der Waals surface area contributed by atoms with Gasteiger partial charge in [0.25, 0.3) is 5.91 Å². The van der Waals surface area contributed by atoms with E-state index in [4.69, 9.17) is 9.47 Å². The standard InChI is InChI=1S/C23H26N2O3S/c1-4-5-13-27-19-11-9-18(10-12-19)20-15-29-23(24-20)25-22(26)14-28-21-8-6-7-16(2)17(21)3/h6-12,15H,4-5,13-14H2,1-3H3,(H,24,25,26). The molecule has 0 radical (unpaired) electrons. The van der Waals surface area contributed by atoms with E-state index < -0.39 is 0 Å². The maximum Gasteiger partial charge on any atom is 0.264 e. The number of carbonyl (C=O) groups excluding carboxylic acids is 1. The number of nitrogens with one attached hydrogen (secondary N) is 1. The van der Waals surface area contributed by atoms with E-state index in [0.717, 1.165) is 53.3 Å². The first kappa shape index (κ1) is 20.9. The minimum Gasteiger partial charge on any atom is -0.494 e. The molecule has 0 spiro atoms. The molecule has 1 aromatic heterocycles. The minimum absolute atomic E-state index is 0.0526. The Labute approximate surface area is 175 Å². The molecule has 0 bridgehead atoms. The predicted octanol–water partition coefficient (Wildman–Crippen LogP) is 5.62. The summed E-state index contributed by atoms with van der Waals surface area (Å²) in [4.78, 5) is 16.7. The van der Waals surface area contributed by atoms with Gasteiger partial charge in [-0.05, 0) is 61.7 Å². The highest BCUT2D eigenvalue weighted by Gasteiger charge is 2.10. The number of hydrogen-bond acceptors (Lipinski definition) is 5. The van der Waals surface area contributed by atoms with Crippen molar-refractivity contribution in [2.45, 2.75) is 33.6 Å². The second-order valence-electron chi connectivity index (χ2n) is 6.80. The summed E-state index contributed by atoms with van der Waals surface area (Å²) in [6, 6.07) is 13.6.